The summed E-state index contributed by atoms with van der Waals surface area (Å²) in [5.41, 5.74) is 0.852. The van der Waals surface area contributed by atoms with E-state index in [1.54, 1.807) is 30.3 Å². The van der Waals surface area contributed by atoms with Gasteiger partial charge in [-0.05, 0) is 24.3 Å². The van der Waals surface area contributed by atoms with Crippen LogP contribution in [0.25, 0.3) is 0 Å². The summed E-state index contributed by atoms with van der Waals surface area (Å²) < 4.78 is 5.45. The number of amides is 1. The van der Waals surface area contributed by atoms with Crippen molar-refractivity contribution in [3.05, 3.63) is 58.6 Å². The number of carbonyl (C=O) groups is 2. The number of rotatable bonds is 2. The smallest absolute Gasteiger partial charge is 0.339 e. The van der Waals surface area contributed by atoms with Crippen LogP contribution in [0, 0.1) is 0 Å². The lowest BCUT2D eigenvalue weighted by molar-refractivity contribution is 0.0690. The molecule has 0 spiro atoms. The number of nitrogens with zero attached hydrogens (tertiary/aromatic N) is 1. The number of carbonyl (C=O) groups excluding carboxylic acids is 1. The van der Waals surface area contributed by atoms with E-state index >= 15 is 0 Å². The highest BCUT2D eigenvalue weighted by atomic mass is 35.5. The Morgan fingerprint density at radius 1 is 1.18 bits per heavy atom. The van der Waals surface area contributed by atoms with Crippen molar-refractivity contribution in [2.45, 2.75) is 0 Å². The van der Waals surface area contributed by atoms with Gasteiger partial charge < -0.3 is 14.7 Å². The van der Waals surface area contributed by atoms with Crippen molar-refractivity contribution in [2.75, 3.05) is 18.1 Å². The zero-order valence-electron chi connectivity index (χ0n) is 11.5. The van der Waals surface area contributed by atoms with E-state index < -0.39 is 5.97 Å². The molecule has 1 amide bonds. The summed E-state index contributed by atoms with van der Waals surface area (Å²) in [6, 6.07) is 11.6. The van der Waals surface area contributed by atoms with E-state index in [1.807, 2.05) is 6.07 Å². The van der Waals surface area contributed by atoms with Crippen LogP contribution in [0.1, 0.15) is 20.7 Å². The fraction of sp³-hybridized carbons (Fsp3) is 0.125. The maximum Gasteiger partial charge on any atom is 0.339 e. The third-order valence-corrected chi connectivity index (χ3v) is 3.60. The Labute approximate surface area is 131 Å². The molecule has 2 aromatic rings. The lowest BCUT2D eigenvalue weighted by Gasteiger charge is -2.30. The average molecular weight is 318 g/mol. The molecule has 0 atom stereocenters. The molecule has 1 aliphatic rings. The Bertz CT molecular complexity index is 745. The number of carboxylic acids is 1. The lowest BCUT2D eigenvalue weighted by atomic mass is 10.1. The standard InChI is InChI=1S/C16H12ClNO4/c17-11-8-12(16(20)21)14-13(9-11)18(6-7-22-14)15(19)10-4-2-1-3-5-10/h1-5,8-9H,6-7H2,(H,20,21). The Balaban J connectivity index is 2.08. The topological polar surface area (TPSA) is 66.8 Å². The van der Waals surface area contributed by atoms with Gasteiger partial charge >= 0.3 is 5.97 Å². The van der Waals surface area contributed by atoms with E-state index in [0.717, 1.165) is 0 Å². The van der Waals surface area contributed by atoms with Gasteiger partial charge in [0.25, 0.3) is 5.91 Å². The van der Waals surface area contributed by atoms with Crippen LogP contribution in [0.3, 0.4) is 0 Å². The molecular weight excluding hydrogens is 306 g/mol. The first-order chi connectivity index (χ1) is 10.6. The first-order valence-electron chi connectivity index (χ1n) is 6.64. The molecule has 5 nitrogen and oxygen atoms in total. The fourth-order valence-corrected chi connectivity index (χ4v) is 2.61. The van der Waals surface area contributed by atoms with E-state index in [0.29, 0.717) is 17.8 Å². The predicted octanol–water partition coefficient (Wildman–Crippen LogP) is 3.08. The molecule has 0 aromatic heterocycles. The van der Waals surface area contributed by atoms with Gasteiger partial charge in [-0.3, -0.25) is 4.79 Å². The highest BCUT2D eigenvalue weighted by Gasteiger charge is 2.29. The predicted molar refractivity (Wildman–Crippen MR) is 82.0 cm³/mol. The largest absolute Gasteiger partial charge is 0.489 e. The maximum absolute atomic E-state index is 12.6. The average Bonchev–Trinajstić information content (AvgIpc) is 2.53. The minimum atomic E-state index is -1.15. The summed E-state index contributed by atoms with van der Waals surface area (Å²) in [5.74, 6) is -1.19. The quantitative estimate of drug-likeness (QED) is 0.924. The molecule has 2 aromatic carbocycles. The normalized spacial score (nSPS) is 13.2. The van der Waals surface area contributed by atoms with E-state index in [9.17, 15) is 14.7 Å². The maximum atomic E-state index is 12.6. The summed E-state index contributed by atoms with van der Waals surface area (Å²) >= 11 is 5.99. The van der Waals surface area contributed by atoms with Gasteiger partial charge in [-0.25, -0.2) is 4.79 Å². The second kappa shape index (κ2) is 5.69. The van der Waals surface area contributed by atoms with Gasteiger partial charge in [-0.15, -0.1) is 0 Å². The number of hydrogen-bond acceptors (Lipinski definition) is 3. The van der Waals surface area contributed by atoms with Crippen molar-refractivity contribution in [2.24, 2.45) is 0 Å². The number of halogens is 1. The zero-order valence-corrected chi connectivity index (χ0v) is 12.2. The number of aromatic carboxylic acids is 1. The number of ether oxygens (including phenoxy) is 1. The number of hydrogen-bond donors (Lipinski definition) is 1. The van der Waals surface area contributed by atoms with Crippen LogP contribution in [0.15, 0.2) is 42.5 Å². The van der Waals surface area contributed by atoms with Crippen LogP contribution in [0.4, 0.5) is 5.69 Å². The van der Waals surface area contributed by atoms with Crippen LogP contribution in [-0.2, 0) is 0 Å². The highest BCUT2D eigenvalue weighted by Crippen LogP contribution is 2.38. The number of fused-ring (bicyclic) bond motifs is 1. The van der Waals surface area contributed by atoms with E-state index in [-0.39, 0.29) is 28.8 Å². The number of carboxylic acid groups (broad SMARTS) is 1. The molecular formula is C16H12ClNO4. The Hall–Kier alpha value is -2.53. The minimum absolute atomic E-state index is 0.0481. The van der Waals surface area contributed by atoms with Crippen LogP contribution in [0.2, 0.25) is 5.02 Å². The molecule has 0 bridgehead atoms. The first kappa shape index (κ1) is 14.4. The summed E-state index contributed by atoms with van der Waals surface area (Å²) in [5, 5.41) is 9.51. The molecule has 1 N–H and O–H groups in total. The highest BCUT2D eigenvalue weighted by molar-refractivity contribution is 6.31. The Kier molecular flexibility index (Phi) is 3.73. The number of anilines is 1. The van der Waals surface area contributed by atoms with Crippen molar-refractivity contribution in [1.29, 1.82) is 0 Å². The van der Waals surface area contributed by atoms with Crippen LogP contribution < -0.4 is 9.64 Å². The van der Waals surface area contributed by atoms with Crippen LogP contribution in [0.5, 0.6) is 5.75 Å². The Morgan fingerprint density at radius 2 is 1.91 bits per heavy atom. The van der Waals surface area contributed by atoms with Crippen molar-refractivity contribution in [1.82, 2.24) is 0 Å². The van der Waals surface area contributed by atoms with Crippen LogP contribution in [-0.4, -0.2) is 30.1 Å². The monoisotopic (exact) mass is 317 g/mol. The first-order valence-corrected chi connectivity index (χ1v) is 7.02. The third-order valence-electron chi connectivity index (χ3n) is 3.38. The summed E-state index contributed by atoms with van der Waals surface area (Å²) in [7, 11) is 0. The van der Waals surface area contributed by atoms with E-state index in [1.165, 1.54) is 11.0 Å². The number of benzene rings is 2. The molecule has 22 heavy (non-hydrogen) atoms. The molecule has 0 radical (unpaired) electrons. The summed E-state index contributed by atoms with van der Waals surface area (Å²) in [4.78, 5) is 25.5. The molecule has 0 fully saturated rings. The second-order valence-corrected chi connectivity index (χ2v) is 5.21. The van der Waals surface area contributed by atoms with Gasteiger partial charge in [0.05, 0.1) is 12.2 Å². The van der Waals surface area contributed by atoms with Gasteiger partial charge in [0, 0.05) is 10.6 Å². The van der Waals surface area contributed by atoms with E-state index in [2.05, 4.69) is 0 Å². The SMILES string of the molecule is O=C(O)c1cc(Cl)cc2c1OCCN2C(=O)c1ccccc1. The van der Waals surface area contributed by atoms with Crippen molar-refractivity contribution in [3.63, 3.8) is 0 Å². The zero-order chi connectivity index (χ0) is 15.7. The lowest BCUT2D eigenvalue weighted by Crippen LogP contribution is -2.38. The fourth-order valence-electron chi connectivity index (χ4n) is 2.40. The molecule has 1 heterocycles. The van der Waals surface area contributed by atoms with Gasteiger partial charge in [0.2, 0.25) is 0 Å². The molecule has 0 unspecified atom stereocenters. The van der Waals surface area contributed by atoms with Gasteiger partial charge in [-0.1, -0.05) is 29.8 Å². The summed E-state index contributed by atoms with van der Waals surface area (Å²) in [6.07, 6.45) is 0. The molecule has 6 heteroatoms. The molecule has 0 saturated heterocycles. The molecule has 3 rings (SSSR count). The van der Waals surface area contributed by atoms with Crippen molar-refractivity contribution >= 4 is 29.2 Å². The third kappa shape index (κ3) is 2.51. The van der Waals surface area contributed by atoms with E-state index in [4.69, 9.17) is 16.3 Å². The summed E-state index contributed by atoms with van der Waals surface area (Å²) in [6.45, 7) is 0.563. The van der Waals surface area contributed by atoms with Crippen molar-refractivity contribution < 1.29 is 19.4 Å². The minimum Gasteiger partial charge on any atom is -0.489 e. The molecule has 1 aliphatic heterocycles. The molecule has 112 valence electrons. The van der Waals surface area contributed by atoms with Gasteiger partial charge in [0.1, 0.15) is 12.2 Å². The molecule has 0 aliphatic carbocycles. The molecule has 0 saturated carbocycles. The van der Waals surface area contributed by atoms with Crippen LogP contribution >= 0.6 is 11.6 Å². The second-order valence-electron chi connectivity index (χ2n) is 4.78. The van der Waals surface area contributed by atoms with Crippen molar-refractivity contribution in [3.8, 4) is 5.75 Å². The Morgan fingerprint density at radius 3 is 2.59 bits per heavy atom. The van der Waals surface area contributed by atoms with Gasteiger partial charge in [0.15, 0.2) is 5.75 Å². The van der Waals surface area contributed by atoms with Gasteiger partial charge in [-0.2, -0.15) is 0 Å².